The molecule has 0 unspecified atom stereocenters. The van der Waals surface area contributed by atoms with Crippen molar-refractivity contribution in [1.82, 2.24) is 9.97 Å². The third-order valence-corrected chi connectivity index (χ3v) is 4.31. The molecular formula is C16H19F3N4. The van der Waals surface area contributed by atoms with E-state index in [1.165, 1.54) is 6.92 Å². The second-order valence-corrected chi connectivity index (χ2v) is 6.03. The normalized spacial score (nSPS) is 16.5. The molecule has 1 aromatic carbocycles. The predicted molar refractivity (Wildman–Crippen MR) is 83.7 cm³/mol. The van der Waals surface area contributed by atoms with Crippen LogP contribution in [-0.4, -0.2) is 16.0 Å². The van der Waals surface area contributed by atoms with Crippen molar-refractivity contribution in [2.45, 2.75) is 51.5 Å². The first-order chi connectivity index (χ1) is 11.0. The Bertz CT molecular complexity index is 740. The van der Waals surface area contributed by atoms with Crippen molar-refractivity contribution in [3.05, 3.63) is 23.3 Å². The van der Waals surface area contributed by atoms with Crippen LogP contribution in [0.2, 0.25) is 0 Å². The molecule has 0 spiro atoms. The Morgan fingerprint density at radius 2 is 1.61 bits per heavy atom. The molecule has 1 aliphatic carbocycles. The summed E-state index contributed by atoms with van der Waals surface area (Å²) in [6, 6.07) is -0.0707. The van der Waals surface area contributed by atoms with Crippen LogP contribution < -0.4 is 11.1 Å². The van der Waals surface area contributed by atoms with Gasteiger partial charge in [0.05, 0.1) is 5.39 Å². The number of aromatic nitrogens is 2. The fraction of sp³-hybridized carbons (Fsp3) is 0.500. The lowest BCUT2D eigenvalue weighted by Crippen LogP contribution is -2.21. The lowest BCUT2D eigenvalue weighted by Gasteiger charge is -2.20. The first kappa shape index (κ1) is 15.8. The molecule has 0 saturated heterocycles. The van der Waals surface area contributed by atoms with E-state index >= 15 is 0 Å². The zero-order chi connectivity index (χ0) is 16.6. The maximum atomic E-state index is 14.7. The fourth-order valence-electron chi connectivity index (χ4n) is 3.16. The van der Waals surface area contributed by atoms with Crippen molar-refractivity contribution in [2.75, 3.05) is 11.1 Å². The maximum Gasteiger partial charge on any atom is 0.185 e. The highest BCUT2D eigenvalue weighted by Gasteiger charge is 2.25. The highest BCUT2D eigenvalue weighted by Crippen LogP contribution is 2.34. The molecule has 0 atom stereocenters. The van der Waals surface area contributed by atoms with E-state index < -0.39 is 28.5 Å². The highest BCUT2D eigenvalue weighted by molar-refractivity contribution is 5.91. The molecular weight excluding hydrogens is 305 g/mol. The number of nitrogens with two attached hydrogens (primary N) is 1. The summed E-state index contributed by atoms with van der Waals surface area (Å²) in [6.45, 7) is 1.52. The Morgan fingerprint density at radius 3 is 2.26 bits per heavy atom. The molecule has 2 aromatic rings. The number of anilines is 2. The van der Waals surface area contributed by atoms with E-state index in [9.17, 15) is 13.2 Å². The maximum absolute atomic E-state index is 14.7. The van der Waals surface area contributed by atoms with E-state index in [1.54, 1.807) is 0 Å². The van der Waals surface area contributed by atoms with Crippen LogP contribution in [0.5, 0.6) is 0 Å². The van der Waals surface area contributed by atoms with Crippen LogP contribution >= 0.6 is 0 Å². The molecule has 0 aliphatic heterocycles. The monoisotopic (exact) mass is 324 g/mol. The smallest absolute Gasteiger partial charge is 0.185 e. The van der Waals surface area contributed by atoms with Gasteiger partial charge in [-0.25, -0.2) is 23.1 Å². The number of halogens is 3. The third-order valence-electron chi connectivity index (χ3n) is 4.31. The molecule has 0 bridgehead atoms. The average molecular weight is 324 g/mol. The summed E-state index contributed by atoms with van der Waals surface area (Å²) >= 11 is 0. The minimum Gasteiger partial charge on any atom is -0.383 e. The first-order valence-corrected chi connectivity index (χ1v) is 7.86. The number of nitrogen functional groups attached to an aromatic ring is 1. The molecule has 1 fully saturated rings. The summed E-state index contributed by atoms with van der Waals surface area (Å²) in [5.74, 6) is -3.45. The summed E-state index contributed by atoms with van der Waals surface area (Å²) in [4.78, 5) is 7.67. The SMILES string of the molecule is Cc1nc(N)c2c(F)c(F)c(NC3CCCCCC3)c(F)c2n1. The Kier molecular flexibility index (Phi) is 4.28. The molecule has 3 N–H and O–H groups in total. The van der Waals surface area contributed by atoms with Gasteiger partial charge >= 0.3 is 0 Å². The fourth-order valence-corrected chi connectivity index (χ4v) is 3.16. The topological polar surface area (TPSA) is 63.8 Å². The summed E-state index contributed by atoms with van der Waals surface area (Å²) in [5.41, 5.74) is 4.86. The van der Waals surface area contributed by atoms with E-state index in [2.05, 4.69) is 15.3 Å². The first-order valence-electron chi connectivity index (χ1n) is 7.86. The number of nitrogens with zero attached hydrogens (tertiary/aromatic N) is 2. The summed E-state index contributed by atoms with van der Waals surface area (Å²) in [5, 5.41) is 2.43. The van der Waals surface area contributed by atoms with E-state index in [4.69, 9.17) is 5.73 Å². The summed E-state index contributed by atoms with van der Waals surface area (Å²) < 4.78 is 43.4. The lowest BCUT2D eigenvalue weighted by atomic mass is 10.1. The van der Waals surface area contributed by atoms with Gasteiger partial charge < -0.3 is 11.1 Å². The molecule has 0 amide bonds. The van der Waals surface area contributed by atoms with Crippen LogP contribution in [-0.2, 0) is 0 Å². The zero-order valence-corrected chi connectivity index (χ0v) is 12.9. The number of benzene rings is 1. The molecule has 1 aliphatic rings. The van der Waals surface area contributed by atoms with Crippen LogP contribution in [0.4, 0.5) is 24.7 Å². The van der Waals surface area contributed by atoms with Crippen LogP contribution in [0.3, 0.4) is 0 Å². The average Bonchev–Trinajstić information content (AvgIpc) is 2.77. The van der Waals surface area contributed by atoms with Crippen molar-refractivity contribution < 1.29 is 13.2 Å². The number of nitrogens with one attached hydrogen (secondary N) is 1. The standard InChI is InChI=1S/C16H19F3N4/c1-8-21-14-10(16(20)22-8)11(17)12(18)15(13(14)19)23-9-6-4-2-3-5-7-9/h9,23H,2-7H2,1H3,(H2,20,21,22). The Morgan fingerprint density at radius 1 is 0.957 bits per heavy atom. The minimum atomic E-state index is -1.27. The van der Waals surface area contributed by atoms with Crippen LogP contribution in [0.1, 0.15) is 44.3 Å². The van der Waals surface area contributed by atoms with Gasteiger partial charge in [0.25, 0.3) is 0 Å². The van der Waals surface area contributed by atoms with Crippen molar-refractivity contribution in [2.24, 2.45) is 0 Å². The van der Waals surface area contributed by atoms with Gasteiger partial charge in [-0.2, -0.15) is 0 Å². The predicted octanol–water partition coefficient (Wildman–Crippen LogP) is 4.07. The van der Waals surface area contributed by atoms with Crippen LogP contribution in [0.25, 0.3) is 10.9 Å². The minimum absolute atomic E-state index is 0.0707. The molecule has 1 heterocycles. The van der Waals surface area contributed by atoms with Gasteiger partial charge in [-0.05, 0) is 19.8 Å². The van der Waals surface area contributed by atoms with Crippen molar-refractivity contribution in [3.8, 4) is 0 Å². The molecule has 7 heteroatoms. The lowest BCUT2D eigenvalue weighted by molar-refractivity contribution is 0.503. The molecule has 124 valence electrons. The number of aryl methyl sites for hydroxylation is 1. The van der Waals surface area contributed by atoms with Gasteiger partial charge in [0.15, 0.2) is 17.5 Å². The van der Waals surface area contributed by atoms with E-state index in [0.717, 1.165) is 38.5 Å². The zero-order valence-electron chi connectivity index (χ0n) is 12.9. The van der Waals surface area contributed by atoms with Crippen molar-refractivity contribution in [1.29, 1.82) is 0 Å². The van der Waals surface area contributed by atoms with Gasteiger partial charge in [-0.1, -0.05) is 25.7 Å². The Hall–Kier alpha value is -2.05. The number of hydrogen-bond donors (Lipinski definition) is 2. The number of fused-ring (bicyclic) bond motifs is 1. The summed E-state index contributed by atoms with van der Waals surface area (Å²) in [7, 11) is 0. The molecule has 3 rings (SSSR count). The van der Waals surface area contributed by atoms with E-state index in [0.29, 0.717) is 0 Å². The van der Waals surface area contributed by atoms with Gasteiger partial charge in [0.1, 0.15) is 22.8 Å². The highest BCUT2D eigenvalue weighted by atomic mass is 19.2. The summed E-state index contributed by atoms with van der Waals surface area (Å²) in [6.07, 6.45) is 5.82. The van der Waals surface area contributed by atoms with Crippen molar-refractivity contribution in [3.63, 3.8) is 0 Å². The van der Waals surface area contributed by atoms with Crippen LogP contribution in [0, 0.1) is 24.4 Å². The van der Waals surface area contributed by atoms with Gasteiger partial charge in [0.2, 0.25) is 0 Å². The Labute approximate surface area is 132 Å². The van der Waals surface area contributed by atoms with E-state index in [-0.39, 0.29) is 23.2 Å². The molecule has 4 nitrogen and oxygen atoms in total. The quantitative estimate of drug-likeness (QED) is 0.645. The second kappa shape index (κ2) is 6.22. The van der Waals surface area contributed by atoms with Crippen molar-refractivity contribution >= 4 is 22.4 Å². The molecule has 0 radical (unpaired) electrons. The molecule has 1 saturated carbocycles. The Balaban J connectivity index is 2.09. The number of rotatable bonds is 2. The van der Waals surface area contributed by atoms with Gasteiger partial charge in [-0.3, -0.25) is 0 Å². The largest absolute Gasteiger partial charge is 0.383 e. The van der Waals surface area contributed by atoms with Crippen LogP contribution in [0.15, 0.2) is 0 Å². The van der Waals surface area contributed by atoms with Gasteiger partial charge in [0, 0.05) is 6.04 Å². The van der Waals surface area contributed by atoms with Gasteiger partial charge in [-0.15, -0.1) is 0 Å². The number of hydrogen-bond acceptors (Lipinski definition) is 4. The third kappa shape index (κ3) is 2.92. The molecule has 23 heavy (non-hydrogen) atoms. The van der Waals surface area contributed by atoms with E-state index in [1.807, 2.05) is 0 Å². The second-order valence-electron chi connectivity index (χ2n) is 6.03. The molecule has 1 aromatic heterocycles.